The maximum Gasteiger partial charge on any atom is 0.0780 e. The van der Waals surface area contributed by atoms with E-state index in [1.807, 2.05) is 0 Å². The Morgan fingerprint density at radius 3 is 2.23 bits per heavy atom. The lowest BCUT2D eigenvalue weighted by Gasteiger charge is -2.20. The van der Waals surface area contributed by atoms with E-state index >= 15 is 0 Å². The van der Waals surface area contributed by atoms with Gasteiger partial charge in [-0.15, -0.1) is 0 Å². The molecule has 2 aliphatic rings. The SMILES string of the molecule is C[Si](C)(C)C1=C2C=CC=C[C]2C=C1. The van der Waals surface area contributed by atoms with Gasteiger partial charge in [-0.05, 0) is 5.57 Å². The maximum absolute atomic E-state index is 2.40. The van der Waals surface area contributed by atoms with Gasteiger partial charge in [0.05, 0.1) is 8.07 Å². The molecular formula is C12H15Si. The van der Waals surface area contributed by atoms with E-state index in [4.69, 9.17) is 0 Å². The van der Waals surface area contributed by atoms with Crippen molar-refractivity contribution in [3.63, 3.8) is 0 Å². The van der Waals surface area contributed by atoms with Gasteiger partial charge in [0, 0.05) is 5.92 Å². The Bertz CT molecular complexity index is 335. The van der Waals surface area contributed by atoms with E-state index in [0.717, 1.165) is 0 Å². The summed E-state index contributed by atoms with van der Waals surface area (Å²) in [6.07, 6.45) is 13.2. The highest BCUT2D eigenvalue weighted by molar-refractivity contribution is 6.84. The average Bonchev–Trinajstić information content (AvgIpc) is 2.45. The van der Waals surface area contributed by atoms with E-state index < -0.39 is 8.07 Å². The number of hydrogen-bond acceptors (Lipinski definition) is 0. The molecule has 2 rings (SSSR count). The smallest absolute Gasteiger partial charge is 0.0688 e. The third-order valence-corrected chi connectivity index (χ3v) is 4.54. The van der Waals surface area contributed by atoms with E-state index in [0.29, 0.717) is 0 Å². The number of rotatable bonds is 1. The Labute approximate surface area is 81.4 Å². The summed E-state index contributed by atoms with van der Waals surface area (Å²) in [7, 11) is -1.15. The topological polar surface area (TPSA) is 0 Å². The first-order valence-corrected chi connectivity index (χ1v) is 8.24. The van der Waals surface area contributed by atoms with Gasteiger partial charge in [0.1, 0.15) is 0 Å². The van der Waals surface area contributed by atoms with Crippen LogP contribution in [0.25, 0.3) is 0 Å². The molecule has 0 aromatic carbocycles. The minimum atomic E-state index is -1.15. The van der Waals surface area contributed by atoms with Gasteiger partial charge < -0.3 is 0 Å². The second kappa shape index (κ2) is 2.84. The van der Waals surface area contributed by atoms with Gasteiger partial charge in [-0.3, -0.25) is 0 Å². The van der Waals surface area contributed by atoms with Gasteiger partial charge in [0.2, 0.25) is 0 Å². The summed E-state index contributed by atoms with van der Waals surface area (Å²) in [6.45, 7) is 7.19. The Morgan fingerprint density at radius 2 is 1.54 bits per heavy atom. The largest absolute Gasteiger partial charge is 0.0780 e. The normalized spacial score (nSPS) is 21.5. The van der Waals surface area contributed by atoms with Crippen LogP contribution in [0.2, 0.25) is 19.6 Å². The first-order valence-electron chi connectivity index (χ1n) is 4.74. The van der Waals surface area contributed by atoms with Crippen LogP contribution < -0.4 is 0 Å². The molecule has 0 saturated heterocycles. The lowest BCUT2D eigenvalue weighted by atomic mass is 9.98. The molecule has 0 atom stereocenters. The van der Waals surface area contributed by atoms with Crippen molar-refractivity contribution >= 4 is 8.07 Å². The highest BCUT2D eigenvalue weighted by atomic mass is 28.3. The van der Waals surface area contributed by atoms with Crippen LogP contribution in [0.3, 0.4) is 0 Å². The standard InChI is InChI=1S/C12H15Si/c1-13(2,3)12-9-8-10-6-4-5-7-11(10)12/h4-9H,1-3H3. The van der Waals surface area contributed by atoms with Gasteiger partial charge in [-0.2, -0.15) is 0 Å². The molecule has 0 spiro atoms. The summed E-state index contributed by atoms with van der Waals surface area (Å²) >= 11 is 0. The molecule has 0 aliphatic heterocycles. The van der Waals surface area contributed by atoms with E-state index in [1.165, 1.54) is 11.5 Å². The summed E-state index contributed by atoms with van der Waals surface area (Å²) in [4.78, 5) is 0. The van der Waals surface area contributed by atoms with Gasteiger partial charge in [-0.25, -0.2) is 0 Å². The number of fused-ring (bicyclic) bond motifs is 1. The minimum Gasteiger partial charge on any atom is -0.0688 e. The zero-order valence-electron chi connectivity index (χ0n) is 8.46. The third-order valence-electron chi connectivity index (χ3n) is 2.49. The molecule has 0 bridgehead atoms. The Kier molecular flexibility index (Phi) is 1.92. The minimum absolute atomic E-state index is 1.15. The summed E-state index contributed by atoms with van der Waals surface area (Å²) in [5.41, 5.74) is 1.46. The highest BCUT2D eigenvalue weighted by Crippen LogP contribution is 2.35. The maximum atomic E-state index is 2.40. The average molecular weight is 187 g/mol. The van der Waals surface area contributed by atoms with Crippen molar-refractivity contribution < 1.29 is 0 Å². The molecule has 0 heterocycles. The molecule has 1 heteroatoms. The van der Waals surface area contributed by atoms with E-state index in [-0.39, 0.29) is 0 Å². The van der Waals surface area contributed by atoms with Crippen molar-refractivity contribution in [1.29, 1.82) is 0 Å². The van der Waals surface area contributed by atoms with E-state index in [1.54, 1.807) is 5.20 Å². The number of hydrogen-bond donors (Lipinski definition) is 0. The fourth-order valence-electron chi connectivity index (χ4n) is 1.80. The summed E-state index contributed by atoms with van der Waals surface area (Å²) in [5.74, 6) is 1.39. The zero-order chi connectivity index (χ0) is 9.47. The molecular weight excluding hydrogens is 172 g/mol. The van der Waals surface area contributed by atoms with Crippen molar-refractivity contribution in [3.8, 4) is 0 Å². The highest BCUT2D eigenvalue weighted by Gasteiger charge is 2.27. The fourth-order valence-corrected chi connectivity index (χ4v) is 3.42. The first-order chi connectivity index (χ1) is 6.09. The zero-order valence-corrected chi connectivity index (χ0v) is 9.46. The Hall–Kier alpha value is -0.823. The molecule has 0 N–H and O–H groups in total. The van der Waals surface area contributed by atoms with Crippen LogP contribution in [0.5, 0.6) is 0 Å². The van der Waals surface area contributed by atoms with Crippen molar-refractivity contribution in [1.82, 2.24) is 0 Å². The van der Waals surface area contributed by atoms with Gasteiger partial charge >= 0.3 is 0 Å². The van der Waals surface area contributed by atoms with Crippen LogP contribution in [0.4, 0.5) is 0 Å². The van der Waals surface area contributed by atoms with Crippen LogP contribution in [0, 0.1) is 5.92 Å². The predicted molar refractivity (Wildman–Crippen MR) is 61.0 cm³/mol. The molecule has 67 valence electrons. The molecule has 0 aromatic rings. The monoisotopic (exact) mass is 187 g/mol. The molecule has 0 fully saturated rings. The summed E-state index contributed by atoms with van der Waals surface area (Å²) in [6, 6.07) is 0. The first kappa shape index (κ1) is 8.76. The summed E-state index contributed by atoms with van der Waals surface area (Å²) in [5, 5.41) is 1.59. The summed E-state index contributed by atoms with van der Waals surface area (Å²) < 4.78 is 0. The Balaban J connectivity index is 2.45. The second-order valence-electron chi connectivity index (χ2n) is 4.58. The molecule has 2 aliphatic carbocycles. The molecule has 13 heavy (non-hydrogen) atoms. The molecule has 0 aromatic heterocycles. The predicted octanol–water partition coefficient (Wildman–Crippen LogP) is 3.43. The van der Waals surface area contributed by atoms with Crippen molar-refractivity contribution in [3.05, 3.63) is 53.1 Å². The van der Waals surface area contributed by atoms with Gasteiger partial charge in [0.15, 0.2) is 0 Å². The molecule has 1 radical (unpaired) electrons. The van der Waals surface area contributed by atoms with Crippen LogP contribution in [0.1, 0.15) is 0 Å². The van der Waals surface area contributed by atoms with Crippen LogP contribution in [0.15, 0.2) is 47.2 Å². The molecule has 0 nitrogen and oxygen atoms in total. The van der Waals surface area contributed by atoms with E-state index in [2.05, 4.69) is 56.1 Å². The fraction of sp³-hybridized carbons (Fsp3) is 0.250. The van der Waals surface area contributed by atoms with Crippen LogP contribution in [-0.4, -0.2) is 8.07 Å². The van der Waals surface area contributed by atoms with Crippen molar-refractivity contribution in [2.45, 2.75) is 19.6 Å². The van der Waals surface area contributed by atoms with Crippen LogP contribution >= 0.6 is 0 Å². The molecule has 0 amide bonds. The van der Waals surface area contributed by atoms with Crippen molar-refractivity contribution in [2.75, 3.05) is 0 Å². The number of allylic oxidation sites excluding steroid dienone is 8. The quantitative estimate of drug-likeness (QED) is 0.552. The third kappa shape index (κ3) is 1.48. The Morgan fingerprint density at radius 1 is 0.846 bits per heavy atom. The van der Waals surface area contributed by atoms with Gasteiger partial charge in [0.25, 0.3) is 0 Å². The van der Waals surface area contributed by atoms with Gasteiger partial charge in [-0.1, -0.05) is 61.3 Å². The lowest BCUT2D eigenvalue weighted by Crippen LogP contribution is -2.23. The second-order valence-corrected chi connectivity index (χ2v) is 9.62. The lowest BCUT2D eigenvalue weighted by molar-refractivity contribution is 1.38. The molecule has 0 unspecified atom stereocenters. The van der Waals surface area contributed by atoms with Crippen LogP contribution in [-0.2, 0) is 0 Å². The molecule has 0 saturated carbocycles. The van der Waals surface area contributed by atoms with E-state index in [9.17, 15) is 0 Å². The van der Waals surface area contributed by atoms with Crippen molar-refractivity contribution in [2.24, 2.45) is 0 Å².